The quantitative estimate of drug-likeness (QED) is 0.926. The van der Waals surface area contributed by atoms with Gasteiger partial charge >= 0.3 is 0 Å². The molecule has 0 unspecified atom stereocenters. The maximum Gasteiger partial charge on any atom is 0.0641 e. The number of nitrogens with zero attached hydrogens (tertiary/aromatic N) is 2. The number of benzene rings is 1. The summed E-state index contributed by atoms with van der Waals surface area (Å²) in [7, 11) is 0. The van der Waals surface area contributed by atoms with E-state index in [1.54, 1.807) is 10.9 Å². The molecule has 0 atom stereocenters. The van der Waals surface area contributed by atoms with Crippen LogP contribution in [0, 0.1) is 0 Å². The maximum atomic E-state index is 8.77. The van der Waals surface area contributed by atoms with E-state index in [4.69, 9.17) is 5.11 Å². The molecule has 0 fully saturated rings. The Hall–Kier alpha value is -1.13. The highest BCUT2D eigenvalue weighted by atomic mass is 79.9. The second-order valence-electron chi connectivity index (χ2n) is 3.22. The summed E-state index contributed by atoms with van der Waals surface area (Å²) in [5, 5.41) is 12.9. The van der Waals surface area contributed by atoms with E-state index in [2.05, 4.69) is 21.0 Å². The monoisotopic (exact) mass is 266 g/mol. The molecule has 0 aliphatic rings. The fraction of sp³-hybridized carbons (Fsp3) is 0.182. The first kappa shape index (κ1) is 10.4. The Morgan fingerprint density at radius 2 is 1.93 bits per heavy atom. The van der Waals surface area contributed by atoms with Gasteiger partial charge in [-0.3, -0.25) is 4.68 Å². The number of hydrogen-bond donors (Lipinski definition) is 1. The number of rotatable bonds is 3. The normalized spacial score (nSPS) is 10.5. The van der Waals surface area contributed by atoms with E-state index in [1.807, 2.05) is 30.5 Å². The van der Waals surface area contributed by atoms with Gasteiger partial charge in [0.2, 0.25) is 0 Å². The standard InChI is InChI=1S/C11H11BrN2O/c12-11-3-1-9(2-4-11)10-7-13-14(8-10)5-6-15/h1-4,7-8,15H,5-6H2. The van der Waals surface area contributed by atoms with Crippen LogP contribution in [0.2, 0.25) is 0 Å². The Bertz CT molecular complexity index is 436. The van der Waals surface area contributed by atoms with Crippen molar-refractivity contribution >= 4 is 15.9 Å². The van der Waals surface area contributed by atoms with Gasteiger partial charge in [0, 0.05) is 16.2 Å². The third kappa shape index (κ3) is 2.46. The van der Waals surface area contributed by atoms with Crippen molar-refractivity contribution in [1.29, 1.82) is 0 Å². The van der Waals surface area contributed by atoms with Gasteiger partial charge in [-0.05, 0) is 17.7 Å². The summed E-state index contributed by atoms with van der Waals surface area (Å²) >= 11 is 3.39. The van der Waals surface area contributed by atoms with Gasteiger partial charge in [0.25, 0.3) is 0 Å². The molecular formula is C11H11BrN2O. The van der Waals surface area contributed by atoms with Crippen molar-refractivity contribution in [2.24, 2.45) is 0 Å². The second-order valence-corrected chi connectivity index (χ2v) is 4.14. The van der Waals surface area contributed by atoms with Crippen LogP contribution in [0.15, 0.2) is 41.1 Å². The molecule has 2 aromatic rings. The van der Waals surface area contributed by atoms with Crippen LogP contribution < -0.4 is 0 Å². The number of aromatic nitrogens is 2. The van der Waals surface area contributed by atoms with Crippen molar-refractivity contribution in [1.82, 2.24) is 9.78 Å². The van der Waals surface area contributed by atoms with Gasteiger partial charge in [0.05, 0.1) is 19.3 Å². The molecule has 0 spiro atoms. The first-order valence-corrected chi connectivity index (χ1v) is 5.48. The molecule has 1 heterocycles. The summed E-state index contributed by atoms with van der Waals surface area (Å²) in [6.45, 7) is 0.651. The zero-order valence-corrected chi connectivity index (χ0v) is 9.68. The largest absolute Gasteiger partial charge is 0.394 e. The molecule has 1 N–H and O–H groups in total. The molecule has 0 bridgehead atoms. The fourth-order valence-electron chi connectivity index (χ4n) is 1.38. The molecule has 15 heavy (non-hydrogen) atoms. The lowest BCUT2D eigenvalue weighted by atomic mass is 10.1. The SMILES string of the molecule is OCCn1cc(-c2ccc(Br)cc2)cn1. The summed E-state index contributed by atoms with van der Waals surface area (Å²) in [5.41, 5.74) is 2.19. The topological polar surface area (TPSA) is 38.0 Å². The van der Waals surface area contributed by atoms with E-state index < -0.39 is 0 Å². The van der Waals surface area contributed by atoms with Crippen molar-refractivity contribution in [2.75, 3.05) is 6.61 Å². The van der Waals surface area contributed by atoms with E-state index in [1.165, 1.54) is 0 Å². The Labute approximate surface area is 96.5 Å². The van der Waals surface area contributed by atoms with E-state index in [9.17, 15) is 0 Å². The zero-order valence-electron chi connectivity index (χ0n) is 8.10. The van der Waals surface area contributed by atoms with E-state index in [0.29, 0.717) is 6.54 Å². The number of hydrogen-bond acceptors (Lipinski definition) is 2. The van der Waals surface area contributed by atoms with Crippen LogP contribution in [0.4, 0.5) is 0 Å². The van der Waals surface area contributed by atoms with Gasteiger partial charge in [-0.1, -0.05) is 28.1 Å². The van der Waals surface area contributed by atoms with Crippen LogP contribution in [0.25, 0.3) is 11.1 Å². The molecule has 1 aromatic heterocycles. The number of halogens is 1. The van der Waals surface area contributed by atoms with Crippen molar-refractivity contribution in [3.63, 3.8) is 0 Å². The lowest BCUT2D eigenvalue weighted by Gasteiger charge is -1.97. The van der Waals surface area contributed by atoms with Gasteiger partial charge in [-0.15, -0.1) is 0 Å². The zero-order chi connectivity index (χ0) is 10.7. The average Bonchev–Trinajstić information content (AvgIpc) is 2.68. The third-order valence-corrected chi connectivity index (χ3v) is 2.67. The minimum absolute atomic E-state index is 0.113. The maximum absolute atomic E-state index is 8.77. The van der Waals surface area contributed by atoms with Crippen LogP contribution in [0.5, 0.6) is 0 Å². The molecule has 0 radical (unpaired) electrons. The van der Waals surface area contributed by atoms with E-state index in [-0.39, 0.29) is 6.61 Å². The third-order valence-electron chi connectivity index (χ3n) is 2.14. The molecule has 0 saturated carbocycles. The first-order valence-electron chi connectivity index (χ1n) is 4.69. The highest BCUT2D eigenvalue weighted by Crippen LogP contribution is 2.20. The van der Waals surface area contributed by atoms with Crippen molar-refractivity contribution in [3.8, 4) is 11.1 Å². The Balaban J connectivity index is 2.25. The van der Waals surface area contributed by atoms with Crippen molar-refractivity contribution in [3.05, 3.63) is 41.1 Å². The molecule has 2 rings (SSSR count). The van der Waals surface area contributed by atoms with Gasteiger partial charge < -0.3 is 5.11 Å². The van der Waals surface area contributed by atoms with Crippen LogP contribution in [-0.4, -0.2) is 21.5 Å². The van der Waals surface area contributed by atoms with Gasteiger partial charge in [-0.2, -0.15) is 5.10 Å². The highest BCUT2D eigenvalue weighted by Gasteiger charge is 2.00. The second kappa shape index (κ2) is 4.59. The van der Waals surface area contributed by atoms with E-state index in [0.717, 1.165) is 15.6 Å². The molecule has 78 valence electrons. The van der Waals surface area contributed by atoms with Gasteiger partial charge in [-0.25, -0.2) is 0 Å². The summed E-state index contributed by atoms with van der Waals surface area (Å²) in [4.78, 5) is 0. The van der Waals surface area contributed by atoms with Crippen LogP contribution in [-0.2, 0) is 6.54 Å². The van der Waals surface area contributed by atoms with Crippen molar-refractivity contribution in [2.45, 2.75) is 6.54 Å². The van der Waals surface area contributed by atoms with Crippen molar-refractivity contribution < 1.29 is 5.11 Å². The molecule has 0 saturated heterocycles. The first-order chi connectivity index (χ1) is 7.29. The van der Waals surface area contributed by atoms with E-state index >= 15 is 0 Å². The summed E-state index contributed by atoms with van der Waals surface area (Å²) in [6.07, 6.45) is 3.73. The average molecular weight is 267 g/mol. The lowest BCUT2D eigenvalue weighted by Crippen LogP contribution is -2.01. The smallest absolute Gasteiger partial charge is 0.0641 e. The Morgan fingerprint density at radius 1 is 1.20 bits per heavy atom. The molecule has 3 nitrogen and oxygen atoms in total. The molecule has 1 aromatic carbocycles. The fourth-order valence-corrected chi connectivity index (χ4v) is 1.64. The number of aliphatic hydroxyl groups is 1. The molecule has 0 amide bonds. The van der Waals surface area contributed by atoms with Gasteiger partial charge in [0.15, 0.2) is 0 Å². The summed E-state index contributed by atoms with van der Waals surface area (Å²) in [6, 6.07) is 8.06. The molecular weight excluding hydrogens is 256 g/mol. The Kier molecular flexibility index (Phi) is 3.18. The summed E-state index contributed by atoms with van der Waals surface area (Å²) in [5.74, 6) is 0. The van der Waals surface area contributed by atoms with Crippen LogP contribution >= 0.6 is 15.9 Å². The van der Waals surface area contributed by atoms with Crippen LogP contribution in [0.1, 0.15) is 0 Å². The predicted octanol–water partition coefficient (Wildman–Crippen LogP) is 2.30. The highest BCUT2D eigenvalue weighted by molar-refractivity contribution is 9.10. The predicted molar refractivity (Wildman–Crippen MR) is 62.4 cm³/mol. The Morgan fingerprint density at radius 3 is 2.60 bits per heavy atom. The minimum atomic E-state index is 0.113. The number of aliphatic hydroxyl groups excluding tert-OH is 1. The summed E-state index contributed by atoms with van der Waals surface area (Å²) < 4.78 is 2.80. The molecule has 0 aliphatic carbocycles. The molecule has 0 aliphatic heterocycles. The minimum Gasteiger partial charge on any atom is -0.394 e. The lowest BCUT2D eigenvalue weighted by molar-refractivity contribution is 0.269. The van der Waals surface area contributed by atoms with Gasteiger partial charge in [0.1, 0.15) is 0 Å². The van der Waals surface area contributed by atoms with Crippen LogP contribution in [0.3, 0.4) is 0 Å². The molecule has 4 heteroatoms.